The molecule has 2 aromatic rings. The molecule has 0 bridgehead atoms. The van der Waals surface area contributed by atoms with Crippen molar-refractivity contribution < 1.29 is 9.53 Å². The van der Waals surface area contributed by atoms with E-state index in [1.807, 2.05) is 6.07 Å². The molecule has 0 radical (unpaired) electrons. The number of carbonyl (C=O) groups is 1. The molecule has 0 atom stereocenters. The molecular weight excluding hydrogens is 324 g/mol. The second-order valence-corrected chi connectivity index (χ2v) is 7.05. The largest absolute Gasteiger partial charge is 0.459 e. The van der Waals surface area contributed by atoms with Crippen LogP contribution in [0.15, 0.2) is 54.1 Å². The van der Waals surface area contributed by atoms with Gasteiger partial charge in [-0.1, -0.05) is 30.3 Å². The molecule has 0 amide bonds. The number of benzene rings is 2. The van der Waals surface area contributed by atoms with Crippen molar-refractivity contribution in [1.29, 1.82) is 0 Å². The fourth-order valence-corrected chi connectivity index (χ4v) is 3.58. The highest BCUT2D eigenvalue weighted by Crippen LogP contribution is 2.34. The van der Waals surface area contributed by atoms with E-state index in [9.17, 15) is 4.79 Å². The zero-order valence-electron chi connectivity index (χ0n) is 15.2. The summed E-state index contributed by atoms with van der Waals surface area (Å²) in [6.45, 7) is 1.76. The van der Waals surface area contributed by atoms with Gasteiger partial charge in [-0.05, 0) is 73.9 Å². The number of nitrogens with two attached hydrogens (primary N) is 2. The number of hydrogen-bond donors (Lipinski definition) is 2. The lowest BCUT2D eigenvalue weighted by atomic mass is 9.83. The number of nitrogen functional groups attached to an aromatic ring is 2. The zero-order valence-corrected chi connectivity index (χ0v) is 15.2. The van der Waals surface area contributed by atoms with Gasteiger partial charge in [0.1, 0.15) is 6.10 Å². The van der Waals surface area contributed by atoms with Crippen LogP contribution in [0.2, 0.25) is 0 Å². The standard InChI is InChI=1S/C22H26N2O2/c1-15(11-16-12-19(23)14-20(24)13-16)22(25)26-21-9-7-18(8-10-21)17-5-3-2-4-6-17/h2-6,11-14,18,21H,7-10,23-24H2,1H3/b15-11+. The lowest BCUT2D eigenvalue weighted by Crippen LogP contribution is -2.24. The lowest BCUT2D eigenvalue weighted by molar-refractivity contribution is -0.145. The average molecular weight is 350 g/mol. The third-order valence-electron chi connectivity index (χ3n) is 4.92. The van der Waals surface area contributed by atoms with E-state index < -0.39 is 0 Å². The fraction of sp³-hybridized carbons (Fsp3) is 0.318. The molecule has 4 nitrogen and oxygen atoms in total. The van der Waals surface area contributed by atoms with Gasteiger partial charge >= 0.3 is 5.97 Å². The Morgan fingerprint density at radius 2 is 1.62 bits per heavy atom. The minimum absolute atomic E-state index is 0.00303. The van der Waals surface area contributed by atoms with Gasteiger partial charge in [0.25, 0.3) is 0 Å². The number of rotatable bonds is 4. The van der Waals surface area contributed by atoms with Gasteiger partial charge in [-0.2, -0.15) is 0 Å². The van der Waals surface area contributed by atoms with Gasteiger partial charge < -0.3 is 16.2 Å². The van der Waals surface area contributed by atoms with Crippen LogP contribution in [0.3, 0.4) is 0 Å². The van der Waals surface area contributed by atoms with Crippen molar-refractivity contribution in [2.24, 2.45) is 0 Å². The van der Waals surface area contributed by atoms with Gasteiger partial charge in [0.2, 0.25) is 0 Å². The summed E-state index contributed by atoms with van der Waals surface area (Å²) in [6, 6.07) is 15.8. The van der Waals surface area contributed by atoms with Crippen molar-refractivity contribution in [3.8, 4) is 0 Å². The molecule has 0 unspecified atom stereocenters. The first-order valence-electron chi connectivity index (χ1n) is 9.11. The summed E-state index contributed by atoms with van der Waals surface area (Å²) >= 11 is 0. The molecule has 4 N–H and O–H groups in total. The SMILES string of the molecule is C/C(=C\c1cc(N)cc(N)c1)C(=O)OC1CCC(c2ccccc2)CC1. The van der Waals surface area contributed by atoms with Gasteiger partial charge in [-0.15, -0.1) is 0 Å². The van der Waals surface area contributed by atoms with Crippen molar-refractivity contribution in [1.82, 2.24) is 0 Å². The minimum atomic E-state index is -0.269. The Balaban J connectivity index is 1.56. The second-order valence-electron chi connectivity index (χ2n) is 7.05. The number of hydrogen-bond acceptors (Lipinski definition) is 4. The molecular formula is C22H26N2O2. The topological polar surface area (TPSA) is 78.3 Å². The van der Waals surface area contributed by atoms with Gasteiger partial charge in [-0.25, -0.2) is 4.79 Å². The summed E-state index contributed by atoms with van der Waals surface area (Å²) in [5, 5.41) is 0. The van der Waals surface area contributed by atoms with E-state index in [0.717, 1.165) is 31.2 Å². The molecule has 0 aromatic heterocycles. The molecule has 0 aliphatic heterocycles. The van der Waals surface area contributed by atoms with Crippen molar-refractivity contribution >= 4 is 23.4 Å². The predicted octanol–water partition coefficient (Wildman–Crippen LogP) is 4.52. The third kappa shape index (κ3) is 4.66. The van der Waals surface area contributed by atoms with Gasteiger partial charge in [0.15, 0.2) is 0 Å². The molecule has 0 heterocycles. The van der Waals surface area contributed by atoms with Crippen molar-refractivity contribution in [2.75, 3.05) is 11.5 Å². The summed E-state index contributed by atoms with van der Waals surface area (Å²) in [6.07, 6.45) is 5.68. The second kappa shape index (κ2) is 8.09. The highest BCUT2D eigenvalue weighted by atomic mass is 16.5. The van der Waals surface area contributed by atoms with E-state index in [1.54, 1.807) is 31.2 Å². The summed E-state index contributed by atoms with van der Waals surface area (Å²) in [5.41, 5.74) is 15.5. The van der Waals surface area contributed by atoms with Crippen LogP contribution >= 0.6 is 0 Å². The van der Waals surface area contributed by atoms with Gasteiger partial charge in [0, 0.05) is 16.9 Å². The minimum Gasteiger partial charge on any atom is -0.459 e. The van der Waals surface area contributed by atoms with Crippen molar-refractivity contribution in [3.05, 3.63) is 65.2 Å². The summed E-state index contributed by atoms with van der Waals surface area (Å²) < 4.78 is 5.70. The Hall–Kier alpha value is -2.75. The maximum absolute atomic E-state index is 12.4. The Morgan fingerprint density at radius 1 is 1.00 bits per heavy atom. The number of ether oxygens (including phenoxy) is 1. The molecule has 1 aliphatic carbocycles. The van der Waals surface area contributed by atoms with Gasteiger partial charge in [-0.3, -0.25) is 0 Å². The molecule has 1 aliphatic rings. The Labute approximate surface area is 154 Å². The smallest absolute Gasteiger partial charge is 0.334 e. The van der Waals surface area contributed by atoms with E-state index in [2.05, 4.69) is 24.3 Å². The van der Waals surface area contributed by atoms with E-state index in [-0.39, 0.29) is 12.1 Å². The first-order valence-corrected chi connectivity index (χ1v) is 9.11. The third-order valence-corrected chi connectivity index (χ3v) is 4.92. The summed E-state index contributed by atoms with van der Waals surface area (Å²) in [4.78, 5) is 12.4. The first-order chi connectivity index (χ1) is 12.5. The van der Waals surface area contributed by atoms with E-state index in [1.165, 1.54) is 5.56 Å². The molecule has 0 saturated heterocycles. The predicted molar refractivity (Wildman–Crippen MR) is 106 cm³/mol. The Kier molecular flexibility index (Phi) is 5.61. The molecule has 136 valence electrons. The van der Waals surface area contributed by atoms with Crippen LogP contribution in [0.1, 0.15) is 49.7 Å². The highest BCUT2D eigenvalue weighted by molar-refractivity contribution is 5.93. The Morgan fingerprint density at radius 3 is 2.23 bits per heavy atom. The van der Waals surface area contributed by atoms with Gasteiger partial charge in [0.05, 0.1) is 0 Å². The van der Waals surface area contributed by atoms with Crippen LogP contribution in [-0.4, -0.2) is 12.1 Å². The zero-order chi connectivity index (χ0) is 18.5. The molecule has 2 aromatic carbocycles. The van der Waals surface area contributed by atoms with Crippen molar-refractivity contribution in [3.63, 3.8) is 0 Å². The van der Waals surface area contributed by atoms with Crippen LogP contribution < -0.4 is 11.5 Å². The number of esters is 1. The average Bonchev–Trinajstić information content (AvgIpc) is 2.62. The Bertz CT molecular complexity index is 771. The van der Waals surface area contributed by atoms with Crippen LogP contribution in [0, 0.1) is 0 Å². The molecule has 0 spiro atoms. The maximum atomic E-state index is 12.4. The highest BCUT2D eigenvalue weighted by Gasteiger charge is 2.25. The number of anilines is 2. The van der Waals surface area contributed by atoms with E-state index in [0.29, 0.717) is 22.9 Å². The molecule has 26 heavy (non-hydrogen) atoms. The van der Waals surface area contributed by atoms with Crippen LogP contribution in [0.4, 0.5) is 11.4 Å². The van der Waals surface area contributed by atoms with E-state index >= 15 is 0 Å². The monoisotopic (exact) mass is 350 g/mol. The molecule has 1 saturated carbocycles. The maximum Gasteiger partial charge on any atom is 0.334 e. The lowest BCUT2D eigenvalue weighted by Gasteiger charge is -2.28. The molecule has 3 rings (SSSR count). The van der Waals surface area contributed by atoms with Crippen LogP contribution in [0.5, 0.6) is 0 Å². The van der Waals surface area contributed by atoms with Crippen LogP contribution in [-0.2, 0) is 9.53 Å². The normalized spacial score (nSPS) is 20.6. The summed E-state index contributed by atoms with van der Waals surface area (Å²) in [5.74, 6) is 0.298. The quantitative estimate of drug-likeness (QED) is 0.482. The fourth-order valence-electron chi connectivity index (χ4n) is 3.58. The molecule has 4 heteroatoms. The summed E-state index contributed by atoms with van der Waals surface area (Å²) in [7, 11) is 0. The van der Waals surface area contributed by atoms with Crippen molar-refractivity contribution in [2.45, 2.75) is 44.6 Å². The van der Waals surface area contributed by atoms with E-state index in [4.69, 9.17) is 16.2 Å². The number of carbonyl (C=O) groups excluding carboxylic acids is 1. The first kappa shape index (κ1) is 18.1. The molecule has 1 fully saturated rings. The van der Waals surface area contributed by atoms with Crippen LogP contribution in [0.25, 0.3) is 6.08 Å².